The van der Waals surface area contributed by atoms with Gasteiger partial charge in [-0.05, 0) is 31.7 Å². The van der Waals surface area contributed by atoms with Crippen LogP contribution in [0, 0.1) is 12.8 Å². The summed E-state index contributed by atoms with van der Waals surface area (Å²) in [7, 11) is 0. The van der Waals surface area contributed by atoms with Crippen LogP contribution in [-0.2, 0) is 0 Å². The third-order valence-corrected chi connectivity index (χ3v) is 5.21. The number of nitrogens with zero attached hydrogens (tertiary/aromatic N) is 2. The molecule has 5 heteroatoms. The Kier molecular flexibility index (Phi) is 4.17. The molecule has 0 amide bonds. The molecule has 0 aliphatic heterocycles. The van der Waals surface area contributed by atoms with Crippen molar-refractivity contribution in [3.05, 3.63) is 17.3 Å². The van der Waals surface area contributed by atoms with Gasteiger partial charge >= 0.3 is 0 Å². The minimum atomic E-state index is 0.327. The van der Waals surface area contributed by atoms with Gasteiger partial charge in [0.15, 0.2) is 0 Å². The van der Waals surface area contributed by atoms with Crippen molar-refractivity contribution in [2.75, 3.05) is 11.9 Å². The fourth-order valence-corrected chi connectivity index (χ4v) is 4.02. The lowest BCUT2D eigenvalue weighted by Gasteiger charge is -2.30. The van der Waals surface area contributed by atoms with E-state index in [1.807, 2.05) is 0 Å². The monoisotopic (exact) mass is 290 g/mol. The predicted molar refractivity (Wildman–Crippen MR) is 85.2 cm³/mol. The van der Waals surface area contributed by atoms with Crippen molar-refractivity contribution in [3.8, 4) is 0 Å². The van der Waals surface area contributed by atoms with E-state index >= 15 is 0 Å². The Morgan fingerprint density at radius 3 is 2.90 bits per heavy atom. The van der Waals surface area contributed by atoms with E-state index in [0.717, 1.165) is 16.0 Å². The van der Waals surface area contributed by atoms with Gasteiger partial charge in [-0.1, -0.05) is 19.3 Å². The Morgan fingerprint density at radius 1 is 1.35 bits per heavy atom. The average molecular weight is 290 g/mol. The van der Waals surface area contributed by atoms with Crippen LogP contribution in [0.5, 0.6) is 0 Å². The molecule has 20 heavy (non-hydrogen) atoms. The highest BCUT2D eigenvalue weighted by molar-refractivity contribution is 7.18. The fraction of sp³-hybridized carbons (Fsp3) is 0.600. The van der Waals surface area contributed by atoms with Crippen LogP contribution in [0.1, 0.15) is 37.0 Å². The van der Waals surface area contributed by atoms with Crippen molar-refractivity contribution in [1.82, 2.24) is 9.97 Å². The molecular formula is C15H22N4S. The molecule has 1 aliphatic carbocycles. The molecule has 0 aromatic carbocycles. The van der Waals surface area contributed by atoms with Crippen LogP contribution in [0.4, 0.5) is 5.82 Å². The number of nitrogens with one attached hydrogen (secondary N) is 1. The van der Waals surface area contributed by atoms with E-state index in [1.54, 1.807) is 17.7 Å². The molecule has 0 bridgehead atoms. The summed E-state index contributed by atoms with van der Waals surface area (Å²) in [6, 6.07) is 2.49. The molecule has 0 radical (unpaired) electrons. The van der Waals surface area contributed by atoms with Gasteiger partial charge in [0.2, 0.25) is 0 Å². The number of aryl methyl sites for hydroxylation is 1. The smallest absolute Gasteiger partial charge is 0.138 e. The standard InChI is InChI=1S/C15H22N4S/c1-10-7-12-14(17-9-18-15(12)20-10)19-13(8-16)11-5-3-2-4-6-11/h7,9,11,13H,2-6,8,16H2,1H3,(H,17,18,19). The summed E-state index contributed by atoms with van der Waals surface area (Å²) in [5.74, 6) is 1.62. The summed E-state index contributed by atoms with van der Waals surface area (Å²) in [5.41, 5.74) is 6.00. The highest BCUT2D eigenvalue weighted by atomic mass is 32.1. The number of thiophene rings is 1. The summed E-state index contributed by atoms with van der Waals surface area (Å²) in [6.45, 7) is 2.77. The Bertz CT molecular complexity index is 574. The molecule has 1 saturated carbocycles. The Hall–Kier alpha value is -1.20. The number of hydrogen-bond donors (Lipinski definition) is 2. The first kappa shape index (κ1) is 13.8. The molecule has 2 aromatic rings. The van der Waals surface area contributed by atoms with Crippen molar-refractivity contribution in [1.29, 1.82) is 0 Å². The zero-order valence-corrected chi connectivity index (χ0v) is 12.7. The topological polar surface area (TPSA) is 63.8 Å². The summed E-state index contributed by atoms with van der Waals surface area (Å²) >= 11 is 1.71. The third-order valence-electron chi connectivity index (χ3n) is 4.25. The Morgan fingerprint density at radius 2 is 2.15 bits per heavy atom. The minimum Gasteiger partial charge on any atom is -0.365 e. The highest BCUT2D eigenvalue weighted by Crippen LogP contribution is 2.31. The number of rotatable bonds is 4. The molecule has 0 spiro atoms. The van der Waals surface area contributed by atoms with Crippen LogP contribution in [-0.4, -0.2) is 22.6 Å². The molecule has 1 atom stereocenters. The Balaban J connectivity index is 1.83. The quantitative estimate of drug-likeness (QED) is 0.906. The van der Waals surface area contributed by atoms with E-state index < -0.39 is 0 Å². The van der Waals surface area contributed by atoms with Gasteiger partial charge in [-0.25, -0.2) is 9.97 Å². The molecule has 2 heterocycles. The van der Waals surface area contributed by atoms with E-state index in [1.165, 1.54) is 37.0 Å². The molecule has 3 N–H and O–H groups in total. The van der Waals surface area contributed by atoms with E-state index in [4.69, 9.17) is 5.73 Å². The van der Waals surface area contributed by atoms with Crippen LogP contribution in [0.15, 0.2) is 12.4 Å². The normalized spacial score (nSPS) is 18.3. The second kappa shape index (κ2) is 6.06. The van der Waals surface area contributed by atoms with Crippen LogP contribution in [0.2, 0.25) is 0 Å². The number of aromatic nitrogens is 2. The Labute approximate surface area is 123 Å². The lowest BCUT2D eigenvalue weighted by Crippen LogP contribution is -2.37. The van der Waals surface area contributed by atoms with Crippen LogP contribution in [0.25, 0.3) is 10.2 Å². The molecular weight excluding hydrogens is 268 g/mol. The molecule has 1 aliphatic rings. The lowest BCUT2D eigenvalue weighted by atomic mass is 9.84. The van der Waals surface area contributed by atoms with Crippen molar-refractivity contribution in [2.45, 2.75) is 45.1 Å². The van der Waals surface area contributed by atoms with Gasteiger partial charge in [0, 0.05) is 17.5 Å². The molecule has 1 unspecified atom stereocenters. The summed E-state index contributed by atoms with van der Waals surface area (Å²) in [6.07, 6.45) is 8.25. The second-order valence-electron chi connectivity index (χ2n) is 5.68. The van der Waals surface area contributed by atoms with Gasteiger partial charge in [0.25, 0.3) is 0 Å². The number of hydrogen-bond acceptors (Lipinski definition) is 5. The van der Waals surface area contributed by atoms with Crippen molar-refractivity contribution in [2.24, 2.45) is 11.7 Å². The minimum absolute atomic E-state index is 0.327. The zero-order valence-electron chi connectivity index (χ0n) is 11.9. The molecule has 108 valence electrons. The highest BCUT2D eigenvalue weighted by Gasteiger charge is 2.23. The van der Waals surface area contributed by atoms with Crippen molar-refractivity contribution >= 4 is 27.4 Å². The first-order valence-electron chi connectivity index (χ1n) is 7.45. The maximum Gasteiger partial charge on any atom is 0.138 e. The third kappa shape index (κ3) is 2.79. The first-order chi connectivity index (χ1) is 9.78. The van der Waals surface area contributed by atoms with Gasteiger partial charge < -0.3 is 11.1 Å². The van der Waals surface area contributed by atoms with Crippen LogP contribution < -0.4 is 11.1 Å². The molecule has 0 saturated heterocycles. The van der Waals surface area contributed by atoms with Gasteiger partial charge in [-0.3, -0.25) is 0 Å². The van der Waals surface area contributed by atoms with Crippen molar-refractivity contribution in [3.63, 3.8) is 0 Å². The molecule has 4 nitrogen and oxygen atoms in total. The SMILES string of the molecule is Cc1cc2c(NC(CN)C3CCCCC3)ncnc2s1. The van der Waals surface area contributed by atoms with Crippen molar-refractivity contribution < 1.29 is 0 Å². The van der Waals surface area contributed by atoms with Gasteiger partial charge in [0.1, 0.15) is 17.0 Å². The summed E-state index contributed by atoms with van der Waals surface area (Å²) < 4.78 is 0. The largest absolute Gasteiger partial charge is 0.365 e. The zero-order chi connectivity index (χ0) is 13.9. The van der Waals surface area contributed by atoms with E-state index in [9.17, 15) is 0 Å². The molecule has 1 fully saturated rings. The second-order valence-corrected chi connectivity index (χ2v) is 6.92. The molecule has 2 aromatic heterocycles. The first-order valence-corrected chi connectivity index (χ1v) is 8.27. The van der Waals surface area contributed by atoms with E-state index in [2.05, 4.69) is 28.3 Å². The maximum absolute atomic E-state index is 6.00. The van der Waals surface area contributed by atoms with Gasteiger partial charge in [0.05, 0.1) is 5.39 Å². The van der Waals surface area contributed by atoms with E-state index in [0.29, 0.717) is 18.5 Å². The predicted octanol–water partition coefficient (Wildman–Crippen LogP) is 3.32. The number of fused-ring (bicyclic) bond motifs is 1. The van der Waals surface area contributed by atoms with E-state index in [-0.39, 0.29) is 0 Å². The summed E-state index contributed by atoms with van der Waals surface area (Å²) in [5, 5.41) is 4.71. The lowest BCUT2D eigenvalue weighted by molar-refractivity contribution is 0.320. The molecule has 3 rings (SSSR count). The van der Waals surface area contributed by atoms with Crippen LogP contribution >= 0.6 is 11.3 Å². The fourth-order valence-electron chi connectivity index (χ4n) is 3.17. The van der Waals surface area contributed by atoms with Gasteiger partial charge in [-0.2, -0.15) is 0 Å². The number of anilines is 1. The van der Waals surface area contributed by atoms with Gasteiger partial charge in [-0.15, -0.1) is 11.3 Å². The maximum atomic E-state index is 6.00. The average Bonchev–Trinajstić information content (AvgIpc) is 2.86. The number of nitrogens with two attached hydrogens (primary N) is 1. The van der Waals surface area contributed by atoms with Crippen LogP contribution in [0.3, 0.4) is 0 Å². The summed E-state index contributed by atoms with van der Waals surface area (Å²) in [4.78, 5) is 11.1.